The van der Waals surface area contributed by atoms with E-state index in [2.05, 4.69) is 30.4 Å². The molecule has 0 heterocycles. The highest BCUT2D eigenvalue weighted by molar-refractivity contribution is 5.81. The lowest BCUT2D eigenvalue weighted by atomic mass is 9.89. The van der Waals surface area contributed by atoms with E-state index in [-0.39, 0.29) is 11.3 Å². The minimum atomic E-state index is -0.270. The van der Waals surface area contributed by atoms with E-state index < -0.39 is 0 Å². The van der Waals surface area contributed by atoms with Gasteiger partial charge in [-0.25, -0.2) is 0 Å². The van der Waals surface area contributed by atoms with Crippen LogP contribution in [0.4, 0.5) is 0 Å². The van der Waals surface area contributed by atoms with E-state index in [4.69, 9.17) is 0 Å². The molecule has 2 rings (SSSR count). The van der Waals surface area contributed by atoms with E-state index in [1.165, 1.54) is 42.4 Å². The second-order valence-electron chi connectivity index (χ2n) is 6.23. The molecular formula is C17H25NO. The molecule has 0 aromatic heterocycles. The van der Waals surface area contributed by atoms with Crippen LogP contribution in [-0.2, 0) is 24.2 Å². The van der Waals surface area contributed by atoms with Crippen molar-refractivity contribution in [3.8, 4) is 0 Å². The molecule has 104 valence electrons. The molecule has 1 aliphatic carbocycles. The van der Waals surface area contributed by atoms with Crippen LogP contribution in [0.5, 0.6) is 0 Å². The van der Waals surface area contributed by atoms with Gasteiger partial charge in [-0.1, -0.05) is 39.0 Å². The molecule has 0 saturated carbocycles. The number of benzene rings is 1. The Morgan fingerprint density at radius 1 is 1.21 bits per heavy atom. The van der Waals surface area contributed by atoms with E-state index in [0.717, 1.165) is 6.42 Å². The van der Waals surface area contributed by atoms with Gasteiger partial charge in [0.25, 0.3) is 0 Å². The van der Waals surface area contributed by atoms with Gasteiger partial charge in [0.05, 0.1) is 0 Å². The summed E-state index contributed by atoms with van der Waals surface area (Å²) in [6.07, 6.45) is 5.88. The molecule has 0 saturated heterocycles. The number of hydrogen-bond acceptors (Lipinski definition) is 1. The quantitative estimate of drug-likeness (QED) is 0.879. The van der Waals surface area contributed by atoms with Crippen LogP contribution in [0, 0.1) is 5.41 Å². The molecule has 0 fully saturated rings. The van der Waals surface area contributed by atoms with Crippen molar-refractivity contribution in [1.29, 1.82) is 0 Å². The lowest BCUT2D eigenvalue weighted by Gasteiger charge is -2.22. The number of fused-ring (bicyclic) bond motifs is 1. The SMILES string of the molecule is CCC(C)(C)C(=O)NCc1ccc2c(c1)CCCC2. The van der Waals surface area contributed by atoms with Gasteiger partial charge in [-0.2, -0.15) is 0 Å². The first-order chi connectivity index (χ1) is 9.03. The van der Waals surface area contributed by atoms with E-state index in [9.17, 15) is 4.79 Å². The van der Waals surface area contributed by atoms with Crippen LogP contribution in [0.3, 0.4) is 0 Å². The number of rotatable bonds is 4. The lowest BCUT2D eigenvalue weighted by molar-refractivity contribution is -0.129. The van der Waals surface area contributed by atoms with Gasteiger partial charge in [-0.3, -0.25) is 4.79 Å². The molecule has 0 unspecified atom stereocenters. The first-order valence-electron chi connectivity index (χ1n) is 7.42. The fourth-order valence-corrected chi connectivity index (χ4v) is 2.48. The van der Waals surface area contributed by atoms with Gasteiger partial charge < -0.3 is 5.32 Å². The molecule has 0 bridgehead atoms. The number of nitrogens with one attached hydrogen (secondary N) is 1. The van der Waals surface area contributed by atoms with Crippen molar-refractivity contribution in [2.75, 3.05) is 0 Å². The van der Waals surface area contributed by atoms with E-state index >= 15 is 0 Å². The first kappa shape index (κ1) is 14.1. The van der Waals surface area contributed by atoms with Crippen LogP contribution in [0.15, 0.2) is 18.2 Å². The largest absolute Gasteiger partial charge is 0.352 e. The summed E-state index contributed by atoms with van der Waals surface area (Å²) in [5.74, 6) is 0.146. The summed E-state index contributed by atoms with van der Waals surface area (Å²) in [6.45, 7) is 6.69. The van der Waals surface area contributed by atoms with Crippen LogP contribution in [0.1, 0.15) is 56.7 Å². The van der Waals surface area contributed by atoms with Gasteiger partial charge in [0, 0.05) is 12.0 Å². The number of amides is 1. The first-order valence-corrected chi connectivity index (χ1v) is 7.42. The third-order valence-corrected chi connectivity index (χ3v) is 4.36. The highest BCUT2D eigenvalue weighted by Gasteiger charge is 2.24. The van der Waals surface area contributed by atoms with Crippen LogP contribution in [0.25, 0.3) is 0 Å². The molecule has 1 aromatic carbocycles. The van der Waals surface area contributed by atoms with Crippen molar-refractivity contribution in [3.05, 3.63) is 34.9 Å². The minimum Gasteiger partial charge on any atom is -0.352 e. The fraction of sp³-hybridized carbons (Fsp3) is 0.588. The zero-order valence-corrected chi connectivity index (χ0v) is 12.4. The van der Waals surface area contributed by atoms with Crippen molar-refractivity contribution < 1.29 is 4.79 Å². The highest BCUT2D eigenvalue weighted by Crippen LogP contribution is 2.23. The minimum absolute atomic E-state index is 0.146. The molecule has 1 aromatic rings. The lowest BCUT2D eigenvalue weighted by Crippen LogP contribution is -2.36. The zero-order valence-electron chi connectivity index (χ0n) is 12.4. The fourth-order valence-electron chi connectivity index (χ4n) is 2.48. The molecule has 0 spiro atoms. The Bertz CT molecular complexity index is 462. The van der Waals surface area contributed by atoms with Crippen LogP contribution in [-0.4, -0.2) is 5.91 Å². The highest BCUT2D eigenvalue weighted by atomic mass is 16.2. The van der Waals surface area contributed by atoms with Gasteiger partial charge in [0.1, 0.15) is 0 Å². The summed E-state index contributed by atoms with van der Waals surface area (Å²) in [7, 11) is 0. The van der Waals surface area contributed by atoms with Crippen molar-refractivity contribution in [3.63, 3.8) is 0 Å². The number of hydrogen-bond donors (Lipinski definition) is 1. The number of carbonyl (C=O) groups is 1. The maximum absolute atomic E-state index is 12.0. The van der Waals surface area contributed by atoms with E-state index in [1.54, 1.807) is 0 Å². The summed E-state index contributed by atoms with van der Waals surface area (Å²) in [4.78, 5) is 12.0. The second kappa shape index (κ2) is 5.77. The Morgan fingerprint density at radius 2 is 1.89 bits per heavy atom. The Hall–Kier alpha value is -1.31. The van der Waals surface area contributed by atoms with Crippen LogP contribution >= 0.6 is 0 Å². The van der Waals surface area contributed by atoms with Gasteiger partial charge in [0.2, 0.25) is 5.91 Å². The van der Waals surface area contributed by atoms with E-state index in [1.807, 2.05) is 13.8 Å². The summed E-state index contributed by atoms with van der Waals surface area (Å²) in [5, 5.41) is 3.06. The Morgan fingerprint density at radius 3 is 2.58 bits per heavy atom. The molecule has 0 radical (unpaired) electrons. The number of aryl methyl sites for hydroxylation is 2. The summed E-state index contributed by atoms with van der Waals surface area (Å²) in [6, 6.07) is 6.66. The van der Waals surface area contributed by atoms with Crippen molar-refractivity contribution >= 4 is 5.91 Å². The molecule has 1 amide bonds. The van der Waals surface area contributed by atoms with Crippen LogP contribution in [0.2, 0.25) is 0 Å². The standard InChI is InChI=1S/C17H25NO/c1-4-17(2,3)16(19)18-12-13-9-10-14-7-5-6-8-15(14)11-13/h9-11H,4-8,12H2,1-3H3,(H,18,19). The average molecular weight is 259 g/mol. The van der Waals surface area contributed by atoms with E-state index in [0.29, 0.717) is 6.54 Å². The molecular weight excluding hydrogens is 234 g/mol. The van der Waals surface area contributed by atoms with Crippen LogP contribution < -0.4 is 5.32 Å². The normalized spacial score (nSPS) is 14.9. The smallest absolute Gasteiger partial charge is 0.225 e. The predicted octanol–water partition coefficient (Wildman–Crippen LogP) is 3.62. The predicted molar refractivity (Wildman–Crippen MR) is 79.0 cm³/mol. The molecule has 2 nitrogen and oxygen atoms in total. The van der Waals surface area contributed by atoms with Gasteiger partial charge in [-0.05, 0) is 48.8 Å². The van der Waals surface area contributed by atoms with Gasteiger partial charge >= 0.3 is 0 Å². The maximum Gasteiger partial charge on any atom is 0.225 e. The topological polar surface area (TPSA) is 29.1 Å². The van der Waals surface area contributed by atoms with Crippen molar-refractivity contribution in [2.45, 2.75) is 59.4 Å². The van der Waals surface area contributed by atoms with Crippen molar-refractivity contribution in [2.24, 2.45) is 5.41 Å². The zero-order chi connectivity index (χ0) is 13.9. The molecule has 1 aliphatic rings. The number of carbonyl (C=O) groups excluding carboxylic acids is 1. The monoisotopic (exact) mass is 259 g/mol. The molecule has 0 aliphatic heterocycles. The van der Waals surface area contributed by atoms with Gasteiger partial charge in [-0.15, -0.1) is 0 Å². The third kappa shape index (κ3) is 3.37. The molecule has 1 N–H and O–H groups in total. The summed E-state index contributed by atoms with van der Waals surface area (Å²) >= 11 is 0. The Labute approximate surface area is 116 Å². The molecule has 19 heavy (non-hydrogen) atoms. The molecule has 0 atom stereocenters. The Balaban J connectivity index is 1.99. The summed E-state index contributed by atoms with van der Waals surface area (Å²) in [5.41, 5.74) is 3.93. The third-order valence-electron chi connectivity index (χ3n) is 4.36. The second-order valence-corrected chi connectivity index (χ2v) is 6.23. The van der Waals surface area contributed by atoms with Crippen molar-refractivity contribution in [1.82, 2.24) is 5.32 Å². The van der Waals surface area contributed by atoms with Gasteiger partial charge in [0.15, 0.2) is 0 Å². The maximum atomic E-state index is 12.0. The Kier molecular flexibility index (Phi) is 4.28. The average Bonchev–Trinajstić information content (AvgIpc) is 2.44. The summed E-state index contributed by atoms with van der Waals surface area (Å²) < 4.78 is 0. The molecule has 2 heteroatoms.